The van der Waals surface area contributed by atoms with E-state index in [1.807, 2.05) is 6.92 Å². The van der Waals surface area contributed by atoms with E-state index in [9.17, 15) is 0 Å². The third-order valence-electron chi connectivity index (χ3n) is 1.89. The van der Waals surface area contributed by atoms with E-state index in [1.54, 1.807) is 13.2 Å². The smallest absolute Gasteiger partial charge is 0.168 e. The standard InChI is InChI=1S/C9H14N2O2/c1-5-4-6(10)9(13-3)7(11)8(5)12-2/h4H,10-11H2,1-3H3. The van der Waals surface area contributed by atoms with Crippen LogP contribution in [0.5, 0.6) is 11.5 Å². The normalized spacial score (nSPS) is 9.77. The Labute approximate surface area is 77.4 Å². The number of methoxy groups -OCH3 is 2. The molecule has 4 N–H and O–H groups in total. The Hall–Kier alpha value is -1.58. The number of nitrogens with two attached hydrogens (primary N) is 2. The number of hydrogen-bond donors (Lipinski definition) is 2. The van der Waals surface area contributed by atoms with Crippen LogP contribution in [0.2, 0.25) is 0 Å². The van der Waals surface area contributed by atoms with E-state index >= 15 is 0 Å². The quantitative estimate of drug-likeness (QED) is 0.674. The number of nitrogen functional groups attached to an aromatic ring is 2. The Balaban J connectivity index is 3.39. The number of rotatable bonds is 2. The number of ether oxygens (including phenoxy) is 2. The Morgan fingerprint density at radius 1 is 1.08 bits per heavy atom. The van der Waals surface area contributed by atoms with Crippen molar-refractivity contribution in [3.8, 4) is 11.5 Å². The highest BCUT2D eigenvalue weighted by Crippen LogP contribution is 2.39. The lowest BCUT2D eigenvalue weighted by Gasteiger charge is -2.13. The summed E-state index contributed by atoms with van der Waals surface area (Å²) in [4.78, 5) is 0. The fourth-order valence-corrected chi connectivity index (χ4v) is 1.33. The molecule has 0 heterocycles. The van der Waals surface area contributed by atoms with Gasteiger partial charge in [-0.25, -0.2) is 0 Å². The van der Waals surface area contributed by atoms with E-state index in [1.165, 1.54) is 7.11 Å². The predicted molar refractivity (Wildman–Crippen MR) is 53.1 cm³/mol. The zero-order valence-corrected chi connectivity index (χ0v) is 8.05. The largest absolute Gasteiger partial charge is 0.494 e. The van der Waals surface area contributed by atoms with Gasteiger partial charge in [0.15, 0.2) is 5.75 Å². The lowest BCUT2D eigenvalue weighted by molar-refractivity contribution is 0.398. The van der Waals surface area contributed by atoms with Gasteiger partial charge in [0, 0.05) is 0 Å². The second-order valence-electron chi connectivity index (χ2n) is 2.76. The lowest BCUT2D eigenvalue weighted by atomic mass is 10.1. The second kappa shape index (κ2) is 3.43. The van der Waals surface area contributed by atoms with E-state index < -0.39 is 0 Å². The summed E-state index contributed by atoms with van der Waals surface area (Å²) in [5.74, 6) is 1.09. The lowest BCUT2D eigenvalue weighted by Crippen LogP contribution is -2.02. The van der Waals surface area contributed by atoms with Crippen LogP contribution in [0.25, 0.3) is 0 Å². The molecule has 0 aliphatic carbocycles. The highest BCUT2D eigenvalue weighted by atomic mass is 16.5. The van der Waals surface area contributed by atoms with Gasteiger partial charge in [0.2, 0.25) is 0 Å². The van der Waals surface area contributed by atoms with Crippen molar-refractivity contribution in [1.29, 1.82) is 0 Å². The van der Waals surface area contributed by atoms with Gasteiger partial charge in [-0.1, -0.05) is 0 Å². The van der Waals surface area contributed by atoms with Crippen LogP contribution in [0.4, 0.5) is 11.4 Å². The van der Waals surface area contributed by atoms with Gasteiger partial charge < -0.3 is 20.9 Å². The minimum atomic E-state index is 0.447. The maximum atomic E-state index is 5.78. The average molecular weight is 182 g/mol. The highest BCUT2D eigenvalue weighted by molar-refractivity contribution is 5.75. The van der Waals surface area contributed by atoms with Crippen LogP contribution in [-0.2, 0) is 0 Å². The average Bonchev–Trinajstić information content (AvgIpc) is 2.04. The van der Waals surface area contributed by atoms with Gasteiger partial charge in [0.25, 0.3) is 0 Å². The van der Waals surface area contributed by atoms with Crippen molar-refractivity contribution in [2.75, 3.05) is 25.7 Å². The summed E-state index contributed by atoms with van der Waals surface area (Å²) in [6.45, 7) is 1.88. The van der Waals surface area contributed by atoms with Gasteiger partial charge in [-0.2, -0.15) is 0 Å². The zero-order chi connectivity index (χ0) is 10.0. The Morgan fingerprint density at radius 2 is 1.62 bits per heavy atom. The van der Waals surface area contributed by atoms with E-state index in [2.05, 4.69) is 0 Å². The maximum absolute atomic E-state index is 5.78. The Morgan fingerprint density at radius 3 is 2.08 bits per heavy atom. The zero-order valence-electron chi connectivity index (χ0n) is 8.05. The summed E-state index contributed by atoms with van der Waals surface area (Å²) in [6, 6.07) is 1.77. The molecular weight excluding hydrogens is 168 g/mol. The minimum absolute atomic E-state index is 0.447. The molecule has 72 valence electrons. The van der Waals surface area contributed by atoms with Crippen LogP contribution >= 0.6 is 0 Å². The first kappa shape index (κ1) is 9.51. The summed E-state index contributed by atoms with van der Waals surface area (Å²) in [6.07, 6.45) is 0. The Kier molecular flexibility index (Phi) is 2.51. The van der Waals surface area contributed by atoms with Crippen LogP contribution in [0, 0.1) is 6.92 Å². The molecule has 1 aromatic carbocycles. The van der Waals surface area contributed by atoms with Gasteiger partial charge in [0.05, 0.1) is 19.9 Å². The molecule has 0 bridgehead atoms. The van der Waals surface area contributed by atoms with Gasteiger partial charge >= 0.3 is 0 Å². The van der Waals surface area contributed by atoms with Gasteiger partial charge in [-0.3, -0.25) is 0 Å². The van der Waals surface area contributed by atoms with Gasteiger partial charge in [-0.05, 0) is 18.6 Å². The van der Waals surface area contributed by atoms with Crippen molar-refractivity contribution in [3.05, 3.63) is 11.6 Å². The molecular formula is C9H14N2O2. The van der Waals surface area contributed by atoms with Crippen LogP contribution in [0.15, 0.2) is 6.07 Å². The third-order valence-corrected chi connectivity index (χ3v) is 1.89. The molecule has 0 aromatic heterocycles. The molecule has 0 atom stereocenters. The van der Waals surface area contributed by atoms with Gasteiger partial charge in [-0.15, -0.1) is 0 Å². The molecule has 0 radical (unpaired) electrons. The molecule has 0 saturated heterocycles. The first-order chi connectivity index (χ1) is 6.11. The van der Waals surface area contributed by atoms with E-state index in [0.717, 1.165) is 5.56 Å². The molecule has 13 heavy (non-hydrogen) atoms. The SMILES string of the molecule is COc1c(C)cc(N)c(OC)c1N. The van der Waals surface area contributed by atoms with Crippen LogP contribution in [-0.4, -0.2) is 14.2 Å². The third kappa shape index (κ3) is 1.47. The topological polar surface area (TPSA) is 70.5 Å². The molecule has 4 heteroatoms. The summed E-state index contributed by atoms with van der Waals surface area (Å²) < 4.78 is 10.2. The maximum Gasteiger partial charge on any atom is 0.168 e. The molecule has 4 nitrogen and oxygen atoms in total. The molecule has 0 saturated carbocycles. The van der Waals surface area contributed by atoms with E-state index in [0.29, 0.717) is 22.9 Å². The molecule has 0 spiro atoms. The molecule has 0 amide bonds. The fraction of sp³-hybridized carbons (Fsp3) is 0.333. The molecule has 1 rings (SSSR count). The van der Waals surface area contributed by atoms with Gasteiger partial charge in [0.1, 0.15) is 11.4 Å². The minimum Gasteiger partial charge on any atom is -0.494 e. The van der Waals surface area contributed by atoms with E-state index in [4.69, 9.17) is 20.9 Å². The molecule has 0 aliphatic rings. The van der Waals surface area contributed by atoms with Crippen LogP contribution in [0.3, 0.4) is 0 Å². The predicted octanol–water partition coefficient (Wildman–Crippen LogP) is 1.18. The first-order valence-electron chi connectivity index (χ1n) is 3.88. The molecule has 0 fully saturated rings. The summed E-state index contributed by atoms with van der Waals surface area (Å²) in [5, 5.41) is 0. The fourth-order valence-electron chi connectivity index (χ4n) is 1.33. The number of benzene rings is 1. The molecule has 0 aliphatic heterocycles. The van der Waals surface area contributed by atoms with Crippen molar-refractivity contribution in [2.24, 2.45) is 0 Å². The van der Waals surface area contributed by atoms with Crippen LogP contribution < -0.4 is 20.9 Å². The highest BCUT2D eigenvalue weighted by Gasteiger charge is 2.12. The number of aryl methyl sites for hydroxylation is 1. The summed E-state index contributed by atoms with van der Waals surface area (Å²) >= 11 is 0. The van der Waals surface area contributed by atoms with Crippen molar-refractivity contribution in [1.82, 2.24) is 0 Å². The summed E-state index contributed by atoms with van der Waals surface area (Å²) in [5.41, 5.74) is 13.3. The molecule has 0 unspecified atom stereocenters. The van der Waals surface area contributed by atoms with E-state index in [-0.39, 0.29) is 0 Å². The van der Waals surface area contributed by atoms with Crippen molar-refractivity contribution >= 4 is 11.4 Å². The second-order valence-corrected chi connectivity index (χ2v) is 2.76. The number of anilines is 2. The van der Waals surface area contributed by atoms with Crippen molar-refractivity contribution in [3.63, 3.8) is 0 Å². The molecule has 1 aromatic rings. The number of hydrogen-bond acceptors (Lipinski definition) is 4. The van der Waals surface area contributed by atoms with Crippen LogP contribution in [0.1, 0.15) is 5.56 Å². The summed E-state index contributed by atoms with van der Waals surface area (Å²) in [7, 11) is 3.09. The Bertz CT molecular complexity index is 296. The van der Waals surface area contributed by atoms with Crippen molar-refractivity contribution < 1.29 is 9.47 Å². The first-order valence-corrected chi connectivity index (χ1v) is 3.88. The van der Waals surface area contributed by atoms with Crippen molar-refractivity contribution in [2.45, 2.75) is 6.92 Å². The monoisotopic (exact) mass is 182 g/mol.